The van der Waals surface area contributed by atoms with Gasteiger partial charge in [0.1, 0.15) is 6.04 Å². The fourth-order valence-corrected chi connectivity index (χ4v) is 1.75. The van der Waals surface area contributed by atoms with Crippen molar-refractivity contribution in [2.45, 2.75) is 13.0 Å². The Kier molecular flexibility index (Phi) is 5.42. The van der Waals surface area contributed by atoms with Crippen molar-refractivity contribution in [1.82, 2.24) is 20.6 Å². The predicted octanol–water partition coefficient (Wildman–Crippen LogP) is -0.977. The van der Waals surface area contributed by atoms with E-state index in [1.165, 1.54) is 13.0 Å². The van der Waals surface area contributed by atoms with E-state index in [1.54, 1.807) is 0 Å². The molecule has 0 aliphatic heterocycles. The number of H-pyrrole nitrogens is 2. The highest BCUT2D eigenvalue weighted by Crippen LogP contribution is 2.25. The van der Waals surface area contributed by atoms with Crippen molar-refractivity contribution >= 4 is 23.6 Å². The molecule has 1 heterocycles. The average molecular weight is 363 g/mol. The summed E-state index contributed by atoms with van der Waals surface area (Å²) < 4.78 is 0. The largest absolute Gasteiger partial charge is 0.502 e. The van der Waals surface area contributed by atoms with Crippen LogP contribution in [0.4, 0.5) is 11.5 Å². The molecule has 26 heavy (non-hydrogen) atoms. The molecule has 2 rings (SSSR count). The van der Waals surface area contributed by atoms with Crippen molar-refractivity contribution in [1.29, 1.82) is 0 Å². The number of hydrogen-bond donors (Lipinski definition) is 5. The van der Waals surface area contributed by atoms with Crippen LogP contribution in [0.1, 0.15) is 12.5 Å². The van der Waals surface area contributed by atoms with Gasteiger partial charge in [-0.3, -0.25) is 24.7 Å². The molecule has 5 N–H and O–H groups in total. The van der Waals surface area contributed by atoms with Gasteiger partial charge in [0.15, 0.2) is 5.75 Å². The Labute approximate surface area is 143 Å². The first-order chi connectivity index (χ1) is 12.3. The summed E-state index contributed by atoms with van der Waals surface area (Å²) in [5.74, 6) is -1.39. The molecule has 0 unspecified atom stereocenters. The third-order valence-electron chi connectivity index (χ3n) is 3.04. The Balaban J connectivity index is 2.00. The zero-order chi connectivity index (χ0) is 19.3. The van der Waals surface area contributed by atoms with Crippen molar-refractivity contribution < 1.29 is 14.8 Å². The number of nitrogens with zero attached hydrogens (tertiary/aromatic N) is 3. The number of amides is 1. The number of anilines is 1. The summed E-state index contributed by atoms with van der Waals surface area (Å²) >= 11 is 0. The summed E-state index contributed by atoms with van der Waals surface area (Å²) in [4.78, 5) is 46.2. The molecule has 2 aromatic rings. The van der Waals surface area contributed by atoms with Gasteiger partial charge in [-0.25, -0.2) is 15.3 Å². The molecule has 0 saturated carbocycles. The highest BCUT2D eigenvalue weighted by Gasteiger charge is 2.15. The van der Waals surface area contributed by atoms with Crippen LogP contribution in [-0.2, 0) is 4.79 Å². The zero-order valence-electron chi connectivity index (χ0n) is 13.2. The second kappa shape index (κ2) is 7.69. The van der Waals surface area contributed by atoms with Gasteiger partial charge >= 0.3 is 11.4 Å². The van der Waals surface area contributed by atoms with Gasteiger partial charge in [-0.1, -0.05) is 0 Å². The highest BCUT2D eigenvalue weighted by molar-refractivity contribution is 5.86. The molecule has 1 amide bonds. The number of carbonyl (C=O) groups excluding carboxylic acids is 1. The average Bonchev–Trinajstić information content (AvgIpc) is 2.58. The summed E-state index contributed by atoms with van der Waals surface area (Å²) in [5, 5.41) is 31.7. The maximum absolute atomic E-state index is 11.9. The van der Waals surface area contributed by atoms with Crippen LogP contribution >= 0.6 is 0 Å². The number of rotatable bonds is 6. The number of phenols is 1. The van der Waals surface area contributed by atoms with Gasteiger partial charge in [-0.2, -0.15) is 5.10 Å². The fourth-order valence-electron chi connectivity index (χ4n) is 1.75. The lowest BCUT2D eigenvalue weighted by molar-refractivity contribution is -0.385. The molecule has 1 aromatic carbocycles. The number of benzene rings is 1. The van der Waals surface area contributed by atoms with Gasteiger partial charge in [0.05, 0.1) is 11.1 Å². The van der Waals surface area contributed by atoms with Crippen molar-refractivity contribution in [2.24, 2.45) is 5.10 Å². The fraction of sp³-hybridized carbons (Fsp3) is 0.154. The number of aromatic hydroxyl groups is 1. The second-order valence-corrected chi connectivity index (χ2v) is 4.96. The number of nitrogens with one attached hydrogen (secondary N) is 4. The summed E-state index contributed by atoms with van der Waals surface area (Å²) in [5.41, 5.74) is 0.355. The molecular formula is C13H13N7O6. The molecule has 1 atom stereocenters. The smallest absolute Gasteiger partial charge is 0.342 e. The Morgan fingerprint density at radius 3 is 2.85 bits per heavy atom. The predicted molar refractivity (Wildman–Crippen MR) is 89.1 cm³/mol. The van der Waals surface area contributed by atoms with E-state index in [0.29, 0.717) is 0 Å². The Hall–Kier alpha value is -4.03. The van der Waals surface area contributed by atoms with Crippen molar-refractivity contribution in [3.8, 4) is 5.75 Å². The van der Waals surface area contributed by atoms with E-state index in [0.717, 1.165) is 18.3 Å². The van der Waals surface area contributed by atoms with Crippen LogP contribution in [0, 0.1) is 10.1 Å². The molecule has 136 valence electrons. The quantitative estimate of drug-likeness (QED) is 0.245. The number of aromatic nitrogens is 3. The topological polar surface area (TPSA) is 195 Å². The van der Waals surface area contributed by atoms with E-state index in [1.807, 2.05) is 10.1 Å². The summed E-state index contributed by atoms with van der Waals surface area (Å²) in [6.07, 6.45) is 1.14. The van der Waals surface area contributed by atoms with Crippen molar-refractivity contribution in [2.75, 3.05) is 5.32 Å². The Bertz CT molecular complexity index is 979. The van der Waals surface area contributed by atoms with Crippen LogP contribution in [0.2, 0.25) is 0 Å². The third kappa shape index (κ3) is 4.50. The molecule has 0 saturated heterocycles. The lowest BCUT2D eigenvalue weighted by Gasteiger charge is -2.11. The minimum Gasteiger partial charge on any atom is -0.502 e. The van der Waals surface area contributed by atoms with Gasteiger partial charge in [0.2, 0.25) is 5.82 Å². The number of nitro benzene ring substituents is 1. The third-order valence-corrected chi connectivity index (χ3v) is 3.04. The van der Waals surface area contributed by atoms with E-state index in [4.69, 9.17) is 0 Å². The van der Waals surface area contributed by atoms with Crippen LogP contribution in [0.5, 0.6) is 5.75 Å². The van der Waals surface area contributed by atoms with Crippen LogP contribution in [0.3, 0.4) is 0 Å². The Morgan fingerprint density at radius 1 is 1.46 bits per heavy atom. The molecule has 0 bridgehead atoms. The van der Waals surface area contributed by atoms with Gasteiger partial charge in [0.25, 0.3) is 11.5 Å². The molecule has 0 spiro atoms. The summed E-state index contributed by atoms with van der Waals surface area (Å²) in [7, 11) is 0. The SMILES string of the molecule is C[C@H](Nc1n[nH]c(=O)[nH]c1=O)C(=O)N/N=C\c1ccc(O)c([N+](=O)[O-])c1. The minimum atomic E-state index is -0.930. The summed E-state index contributed by atoms with van der Waals surface area (Å²) in [6, 6.07) is 2.64. The van der Waals surface area contributed by atoms with E-state index in [9.17, 15) is 29.6 Å². The maximum Gasteiger partial charge on any atom is 0.342 e. The highest BCUT2D eigenvalue weighted by atomic mass is 16.6. The van der Waals surface area contributed by atoms with Crippen LogP contribution in [0.15, 0.2) is 32.9 Å². The van der Waals surface area contributed by atoms with Crippen LogP contribution in [0.25, 0.3) is 0 Å². The van der Waals surface area contributed by atoms with Gasteiger partial charge in [0, 0.05) is 11.6 Å². The molecule has 0 fully saturated rings. The molecular weight excluding hydrogens is 350 g/mol. The number of nitro groups is 1. The van der Waals surface area contributed by atoms with Gasteiger partial charge < -0.3 is 10.4 Å². The van der Waals surface area contributed by atoms with Crippen LogP contribution in [-0.4, -0.2) is 43.4 Å². The first-order valence-corrected chi connectivity index (χ1v) is 7.04. The number of hydrazone groups is 1. The lowest BCUT2D eigenvalue weighted by Crippen LogP contribution is -2.38. The van der Waals surface area contributed by atoms with Crippen LogP contribution < -0.4 is 22.0 Å². The number of hydrogen-bond acceptors (Lipinski definition) is 9. The van der Waals surface area contributed by atoms with E-state index in [-0.39, 0.29) is 11.4 Å². The Morgan fingerprint density at radius 2 is 2.19 bits per heavy atom. The standard InChI is InChI=1S/C13H13N7O6/c1-6(15-10-12(23)16-13(24)19-17-10)11(22)18-14-5-7-2-3-9(21)8(4-7)20(25)26/h2-6,21H,1H3,(H,15,17)(H,18,22)(H2,16,19,23,24)/b14-5-/t6-/m0/s1. The normalized spacial score (nSPS) is 11.9. The first kappa shape index (κ1) is 18.3. The molecule has 0 radical (unpaired) electrons. The first-order valence-electron chi connectivity index (χ1n) is 7.04. The van der Waals surface area contributed by atoms with Gasteiger partial charge in [-0.05, 0) is 19.1 Å². The maximum atomic E-state index is 11.9. The van der Waals surface area contributed by atoms with Crippen molar-refractivity contribution in [3.63, 3.8) is 0 Å². The number of aromatic amines is 2. The second-order valence-electron chi connectivity index (χ2n) is 4.96. The molecule has 1 aromatic heterocycles. The van der Waals surface area contributed by atoms with Crippen molar-refractivity contribution in [3.05, 3.63) is 54.7 Å². The van der Waals surface area contributed by atoms with Gasteiger partial charge in [-0.15, -0.1) is 5.10 Å². The van der Waals surface area contributed by atoms with E-state index in [2.05, 4.69) is 20.9 Å². The molecule has 13 heteroatoms. The molecule has 13 nitrogen and oxygen atoms in total. The zero-order valence-corrected chi connectivity index (χ0v) is 13.2. The monoisotopic (exact) mass is 363 g/mol. The van der Waals surface area contributed by atoms with E-state index >= 15 is 0 Å². The number of carbonyl (C=O) groups is 1. The minimum absolute atomic E-state index is 0.259. The lowest BCUT2D eigenvalue weighted by atomic mass is 10.2. The molecule has 0 aliphatic rings. The van der Waals surface area contributed by atoms with E-state index < -0.39 is 39.6 Å². The summed E-state index contributed by atoms with van der Waals surface area (Å²) in [6.45, 7) is 1.42. The molecule has 0 aliphatic carbocycles. The number of phenolic OH excluding ortho intramolecular Hbond substituents is 1.